The number of unbranched alkanes of at least 4 members (excludes halogenated alkanes) is 1. The summed E-state index contributed by atoms with van der Waals surface area (Å²) in [6, 6.07) is 5.11. The Balaban J connectivity index is 1.88. The van der Waals surface area contributed by atoms with Crippen LogP contribution in [0, 0.1) is 5.82 Å². The van der Waals surface area contributed by atoms with Gasteiger partial charge in [-0.25, -0.2) is 14.0 Å². The largest absolute Gasteiger partial charge is 0.299 e. The van der Waals surface area contributed by atoms with Crippen LogP contribution in [0.3, 0.4) is 0 Å². The summed E-state index contributed by atoms with van der Waals surface area (Å²) in [7, 11) is 0. The molecular formula is C15H15FN4O2. The van der Waals surface area contributed by atoms with E-state index in [-0.39, 0.29) is 29.2 Å². The minimum absolute atomic E-state index is 0.0953. The van der Waals surface area contributed by atoms with Crippen LogP contribution in [0.25, 0.3) is 11.3 Å². The lowest BCUT2D eigenvalue weighted by molar-refractivity contribution is 0.314. The lowest BCUT2D eigenvalue weighted by Crippen LogP contribution is -2.16. The second-order valence-corrected chi connectivity index (χ2v) is 5.16. The molecule has 0 saturated heterocycles. The zero-order chi connectivity index (χ0) is 15.5. The second-order valence-electron chi connectivity index (χ2n) is 5.16. The fourth-order valence-electron chi connectivity index (χ4n) is 2.27. The van der Waals surface area contributed by atoms with Crippen LogP contribution in [0.1, 0.15) is 36.6 Å². The van der Waals surface area contributed by atoms with Crippen LogP contribution < -0.4 is 5.56 Å². The first-order valence-corrected chi connectivity index (χ1v) is 7.16. The minimum atomic E-state index is -0.419. The monoisotopic (exact) mass is 302 g/mol. The predicted octanol–water partition coefficient (Wildman–Crippen LogP) is 2.38. The van der Waals surface area contributed by atoms with E-state index in [9.17, 15) is 9.18 Å². The molecule has 6 nitrogen and oxygen atoms in total. The number of nitrogens with one attached hydrogen (secondary N) is 1. The Morgan fingerprint density at radius 2 is 2.18 bits per heavy atom. The molecule has 0 fully saturated rings. The van der Waals surface area contributed by atoms with Gasteiger partial charge in [0.25, 0.3) is 5.56 Å². The van der Waals surface area contributed by atoms with Gasteiger partial charge in [-0.3, -0.25) is 9.78 Å². The lowest BCUT2D eigenvalue weighted by atomic mass is 10.0. The number of benzene rings is 1. The molecule has 0 atom stereocenters. The molecule has 0 aliphatic rings. The molecule has 3 aromatic rings. The highest BCUT2D eigenvalue weighted by Gasteiger charge is 2.12. The number of hydrogen-bond acceptors (Lipinski definition) is 5. The Hall–Kier alpha value is -2.57. The Morgan fingerprint density at radius 1 is 1.32 bits per heavy atom. The maximum Gasteiger partial charge on any atom is 0.271 e. The summed E-state index contributed by atoms with van der Waals surface area (Å²) in [6.07, 6.45) is 3.03. The molecule has 2 aromatic heterocycles. The molecule has 0 saturated carbocycles. The quantitative estimate of drug-likeness (QED) is 0.782. The Labute approximate surface area is 125 Å². The van der Waals surface area contributed by atoms with Crippen molar-refractivity contribution in [2.45, 2.75) is 32.6 Å². The molecule has 3 rings (SSSR count). The zero-order valence-electron chi connectivity index (χ0n) is 12.1. The fourth-order valence-corrected chi connectivity index (χ4v) is 2.27. The molecule has 22 heavy (non-hydrogen) atoms. The number of rotatable bonds is 5. The summed E-state index contributed by atoms with van der Waals surface area (Å²) in [5, 5.41) is 7.08. The number of fused-ring (bicyclic) bond motifs is 1. The summed E-state index contributed by atoms with van der Waals surface area (Å²) in [6.45, 7) is 2.09. The Bertz CT molecular complexity index is 856. The van der Waals surface area contributed by atoms with Gasteiger partial charge in [0.15, 0.2) is 0 Å². The molecule has 0 radical (unpaired) electrons. The van der Waals surface area contributed by atoms with E-state index < -0.39 is 5.56 Å². The Morgan fingerprint density at radius 3 is 2.95 bits per heavy atom. The van der Waals surface area contributed by atoms with Crippen molar-refractivity contribution in [3.8, 4) is 0 Å². The molecule has 0 aliphatic heterocycles. The first-order chi connectivity index (χ1) is 10.7. The van der Waals surface area contributed by atoms with E-state index in [1.165, 1.54) is 6.07 Å². The summed E-state index contributed by atoms with van der Waals surface area (Å²) in [5.41, 5.74) is 1.54. The first kappa shape index (κ1) is 14.4. The Kier molecular flexibility index (Phi) is 3.95. The van der Waals surface area contributed by atoms with Crippen LogP contribution in [-0.2, 0) is 12.8 Å². The first-order valence-electron chi connectivity index (χ1n) is 7.16. The van der Waals surface area contributed by atoms with Crippen LogP contribution in [0.2, 0.25) is 0 Å². The van der Waals surface area contributed by atoms with E-state index in [0.717, 1.165) is 24.8 Å². The van der Waals surface area contributed by atoms with Crippen molar-refractivity contribution in [2.75, 3.05) is 0 Å². The molecule has 7 heteroatoms. The van der Waals surface area contributed by atoms with Gasteiger partial charge in [0, 0.05) is 6.42 Å². The third kappa shape index (κ3) is 2.88. The smallest absolute Gasteiger partial charge is 0.271 e. The summed E-state index contributed by atoms with van der Waals surface area (Å²) in [4.78, 5) is 18.5. The minimum Gasteiger partial charge on any atom is -0.299 e. The number of aromatic nitrogens is 4. The maximum atomic E-state index is 14.2. The number of nitrogens with zero attached hydrogens (tertiary/aromatic N) is 3. The third-order valence-corrected chi connectivity index (χ3v) is 3.50. The summed E-state index contributed by atoms with van der Waals surface area (Å²) in [5.74, 6) is -0.326. The maximum absolute atomic E-state index is 14.2. The third-order valence-electron chi connectivity index (χ3n) is 3.50. The van der Waals surface area contributed by atoms with Crippen molar-refractivity contribution in [1.29, 1.82) is 0 Å². The standard InChI is InChI=1S/C15H15FN4O2/c1-2-3-4-9-5-6-10(11(16)7-9)8-12-15(21)18-14-13(17-12)19-22-20-14/h5-7H,2-4,8H2,1H3,(H,18,20,21). The van der Waals surface area contributed by atoms with Crippen molar-refractivity contribution in [2.24, 2.45) is 0 Å². The summed E-state index contributed by atoms with van der Waals surface area (Å²) < 4.78 is 18.7. The topological polar surface area (TPSA) is 84.7 Å². The van der Waals surface area contributed by atoms with Gasteiger partial charge in [-0.15, -0.1) is 0 Å². The highest BCUT2D eigenvalue weighted by Crippen LogP contribution is 2.15. The molecule has 1 N–H and O–H groups in total. The zero-order valence-corrected chi connectivity index (χ0v) is 12.1. The molecule has 0 spiro atoms. The van der Waals surface area contributed by atoms with E-state index in [1.807, 2.05) is 6.07 Å². The number of aromatic amines is 1. The number of aryl methyl sites for hydroxylation is 1. The number of hydrogen-bond donors (Lipinski definition) is 1. The molecule has 0 aliphatic carbocycles. The van der Waals surface area contributed by atoms with Crippen LogP contribution in [-0.4, -0.2) is 20.3 Å². The van der Waals surface area contributed by atoms with Gasteiger partial charge in [-0.05, 0) is 40.3 Å². The van der Waals surface area contributed by atoms with Gasteiger partial charge in [0.2, 0.25) is 11.3 Å². The van der Waals surface area contributed by atoms with Crippen LogP contribution in [0.5, 0.6) is 0 Å². The van der Waals surface area contributed by atoms with E-state index >= 15 is 0 Å². The molecule has 0 bridgehead atoms. The highest BCUT2D eigenvalue weighted by molar-refractivity contribution is 5.62. The molecule has 114 valence electrons. The van der Waals surface area contributed by atoms with Crippen molar-refractivity contribution in [3.63, 3.8) is 0 Å². The lowest BCUT2D eigenvalue weighted by Gasteiger charge is -2.05. The van der Waals surface area contributed by atoms with E-state index in [2.05, 4.69) is 31.8 Å². The molecule has 2 heterocycles. The normalized spacial score (nSPS) is 11.2. The van der Waals surface area contributed by atoms with Crippen LogP contribution in [0.4, 0.5) is 4.39 Å². The summed E-state index contributed by atoms with van der Waals surface area (Å²) >= 11 is 0. The molecule has 0 amide bonds. The second kappa shape index (κ2) is 6.05. The van der Waals surface area contributed by atoms with Crippen molar-refractivity contribution in [1.82, 2.24) is 20.3 Å². The average Bonchev–Trinajstić information content (AvgIpc) is 2.95. The van der Waals surface area contributed by atoms with Crippen molar-refractivity contribution < 1.29 is 9.02 Å². The van der Waals surface area contributed by atoms with Gasteiger partial charge >= 0.3 is 0 Å². The SMILES string of the molecule is CCCCc1ccc(Cc2nc3nonc3[nH]c2=O)c(F)c1. The average molecular weight is 302 g/mol. The molecule has 0 unspecified atom stereocenters. The molecular weight excluding hydrogens is 287 g/mol. The van der Waals surface area contributed by atoms with Crippen LogP contribution in [0.15, 0.2) is 27.6 Å². The highest BCUT2D eigenvalue weighted by atomic mass is 19.1. The predicted molar refractivity (Wildman–Crippen MR) is 78.0 cm³/mol. The van der Waals surface area contributed by atoms with Gasteiger partial charge < -0.3 is 0 Å². The van der Waals surface area contributed by atoms with Gasteiger partial charge in [0.1, 0.15) is 11.5 Å². The number of H-pyrrole nitrogens is 1. The number of halogens is 1. The van der Waals surface area contributed by atoms with E-state index in [4.69, 9.17) is 0 Å². The van der Waals surface area contributed by atoms with E-state index in [0.29, 0.717) is 5.56 Å². The van der Waals surface area contributed by atoms with Crippen molar-refractivity contribution >= 4 is 11.3 Å². The van der Waals surface area contributed by atoms with Gasteiger partial charge in [-0.1, -0.05) is 25.5 Å². The van der Waals surface area contributed by atoms with Crippen LogP contribution >= 0.6 is 0 Å². The van der Waals surface area contributed by atoms with Gasteiger partial charge in [0.05, 0.1) is 0 Å². The molecule has 1 aromatic carbocycles. The fraction of sp³-hybridized carbons (Fsp3) is 0.333. The van der Waals surface area contributed by atoms with Gasteiger partial charge in [-0.2, -0.15) is 0 Å². The van der Waals surface area contributed by atoms with E-state index in [1.54, 1.807) is 6.07 Å². The van der Waals surface area contributed by atoms with Crippen molar-refractivity contribution in [3.05, 3.63) is 51.2 Å².